The maximum atomic E-state index is 12.1. The van der Waals surface area contributed by atoms with E-state index in [4.69, 9.17) is 12.2 Å². The molecule has 0 saturated heterocycles. The van der Waals surface area contributed by atoms with Gasteiger partial charge >= 0.3 is 5.69 Å². The topological polar surface area (TPSA) is 55.6 Å². The smallest absolute Gasteiger partial charge is 0.330 e. The number of rotatable bonds is 4. The third-order valence-electron chi connectivity index (χ3n) is 2.90. The Morgan fingerprint density at radius 1 is 1.47 bits per heavy atom. The second-order valence-electron chi connectivity index (χ2n) is 4.11. The molecule has 0 radical (unpaired) electrons. The van der Waals surface area contributed by atoms with E-state index in [2.05, 4.69) is 16.9 Å². The molecule has 0 saturated carbocycles. The molecule has 0 atom stereocenters. The summed E-state index contributed by atoms with van der Waals surface area (Å²) in [5.41, 5.74) is 1.33. The van der Waals surface area contributed by atoms with Gasteiger partial charge in [0.2, 0.25) is 0 Å². The Morgan fingerprint density at radius 2 is 2.24 bits per heavy atom. The Balaban J connectivity index is 2.57. The van der Waals surface area contributed by atoms with Gasteiger partial charge in [-0.25, -0.2) is 9.78 Å². The highest BCUT2D eigenvalue weighted by molar-refractivity contribution is 7.71. The van der Waals surface area contributed by atoms with Crippen LogP contribution in [-0.2, 0) is 13.6 Å². The van der Waals surface area contributed by atoms with Gasteiger partial charge in [0.15, 0.2) is 5.65 Å². The van der Waals surface area contributed by atoms with Crippen molar-refractivity contribution in [2.75, 3.05) is 0 Å². The first kappa shape index (κ1) is 12.0. The van der Waals surface area contributed by atoms with Gasteiger partial charge in [-0.15, -0.1) is 0 Å². The molecule has 92 valence electrons. The molecular formula is C11H16N4OS. The second kappa shape index (κ2) is 4.83. The predicted octanol–water partition coefficient (Wildman–Crippen LogP) is 1.98. The number of fused-ring (bicyclic) bond motifs is 1. The van der Waals surface area contributed by atoms with E-state index in [0.717, 1.165) is 24.8 Å². The summed E-state index contributed by atoms with van der Waals surface area (Å²) in [5.74, 6) is 0. The van der Waals surface area contributed by atoms with E-state index >= 15 is 0 Å². The first-order chi connectivity index (χ1) is 8.16. The molecule has 0 aliphatic heterocycles. The van der Waals surface area contributed by atoms with Gasteiger partial charge in [-0.1, -0.05) is 32.0 Å². The number of aromatic nitrogens is 4. The third kappa shape index (κ3) is 2.04. The molecule has 0 unspecified atom stereocenters. The minimum absolute atomic E-state index is 0.0919. The molecule has 2 aromatic heterocycles. The molecule has 0 aliphatic rings. The Labute approximate surface area is 104 Å². The lowest BCUT2D eigenvalue weighted by molar-refractivity contribution is 0.569. The molecule has 5 nitrogen and oxygen atoms in total. The zero-order chi connectivity index (χ0) is 12.4. The van der Waals surface area contributed by atoms with Crippen molar-refractivity contribution in [3.8, 4) is 0 Å². The number of nitrogens with one attached hydrogen (secondary N) is 1. The molecule has 0 spiro atoms. The van der Waals surface area contributed by atoms with Gasteiger partial charge in [-0.2, -0.15) is 0 Å². The largest absolute Gasteiger partial charge is 0.341 e. The van der Waals surface area contributed by atoms with E-state index in [1.165, 1.54) is 4.57 Å². The second-order valence-corrected chi connectivity index (χ2v) is 4.49. The Hall–Kier alpha value is -1.43. The first-order valence-corrected chi connectivity index (χ1v) is 6.20. The van der Waals surface area contributed by atoms with Crippen LogP contribution in [0.1, 0.15) is 26.2 Å². The highest BCUT2D eigenvalue weighted by Crippen LogP contribution is 2.09. The van der Waals surface area contributed by atoms with E-state index in [-0.39, 0.29) is 5.69 Å². The summed E-state index contributed by atoms with van der Waals surface area (Å²) in [6, 6.07) is 0. The van der Waals surface area contributed by atoms with Crippen molar-refractivity contribution in [2.24, 2.45) is 7.05 Å². The van der Waals surface area contributed by atoms with Crippen LogP contribution in [0.15, 0.2) is 11.1 Å². The summed E-state index contributed by atoms with van der Waals surface area (Å²) in [5, 5.41) is 0. The SMILES string of the molecule is CCCCCn1c(=O)n(C)c(=S)c2[nH]cnc21. The van der Waals surface area contributed by atoms with Gasteiger partial charge in [0, 0.05) is 13.6 Å². The summed E-state index contributed by atoms with van der Waals surface area (Å²) in [6.07, 6.45) is 4.80. The average molecular weight is 252 g/mol. The first-order valence-electron chi connectivity index (χ1n) is 5.79. The van der Waals surface area contributed by atoms with Crippen molar-refractivity contribution in [2.45, 2.75) is 32.7 Å². The number of hydrogen-bond donors (Lipinski definition) is 1. The maximum Gasteiger partial charge on any atom is 0.330 e. The fraction of sp³-hybridized carbons (Fsp3) is 0.545. The number of nitrogens with zero attached hydrogens (tertiary/aromatic N) is 3. The van der Waals surface area contributed by atoms with Crippen molar-refractivity contribution in [1.29, 1.82) is 0 Å². The third-order valence-corrected chi connectivity index (χ3v) is 3.37. The molecule has 2 aromatic rings. The van der Waals surface area contributed by atoms with Gasteiger partial charge < -0.3 is 4.98 Å². The molecule has 17 heavy (non-hydrogen) atoms. The number of aryl methyl sites for hydroxylation is 1. The summed E-state index contributed by atoms with van der Waals surface area (Å²) in [6.45, 7) is 2.83. The van der Waals surface area contributed by atoms with Crippen LogP contribution in [0.4, 0.5) is 0 Å². The normalized spacial score (nSPS) is 11.2. The summed E-state index contributed by atoms with van der Waals surface area (Å²) >= 11 is 5.21. The zero-order valence-electron chi connectivity index (χ0n) is 10.1. The van der Waals surface area contributed by atoms with Crippen LogP contribution in [0.5, 0.6) is 0 Å². The number of hydrogen-bond acceptors (Lipinski definition) is 3. The number of imidazole rings is 1. The van der Waals surface area contributed by atoms with E-state index < -0.39 is 0 Å². The fourth-order valence-corrected chi connectivity index (χ4v) is 2.13. The molecule has 1 N–H and O–H groups in total. The van der Waals surface area contributed by atoms with Gasteiger partial charge in [-0.3, -0.25) is 9.13 Å². The lowest BCUT2D eigenvalue weighted by Crippen LogP contribution is -2.30. The molecule has 0 aromatic carbocycles. The van der Waals surface area contributed by atoms with Crippen LogP contribution >= 0.6 is 12.2 Å². The summed E-state index contributed by atoms with van der Waals surface area (Å²) in [7, 11) is 1.70. The van der Waals surface area contributed by atoms with Gasteiger partial charge in [0.1, 0.15) is 10.2 Å². The monoisotopic (exact) mass is 252 g/mol. The predicted molar refractivity (Wildman–Crippen MR) is 69.7 cm³/mol. The van der Waals surface area contributed by atoms with Crippen molar-refractivity contribution < 1.29 is 0 Å². The summed E-state index contributed by atoms with van der Waals surface area (Å²) in [4.78, 5) is 19.3. The van der Waals surface area contributed by atoms with Crippen molar-refractivity contribution in [1.82, 2.24) is 19.1 Å². The zero-order valence-corrected chi connectivity index (χ0v) is 10.9. The molecule has 2 rings (SSSR count). The van der Waals surface area contributed by atoms with Crippen molar-refractivity contribution >= 4 is 23.4 Å². The summed E-state index contributed by atoms with van der Waals surface area (Å²) < 4.78 is 3.69. The molecule has 0 fully saturated rings. The molecule has 2 heterocycles. The minimum Gasteiger partial charge on any atom is -0.341 e. The van der Waals surface area contributed by atoms with Crippen LogP contribution < -0.4 is 5.69 Å². The fourth-order valence-electron chi connectivity index (χ4n) is 1.90. The van der Waals surface area contributed by atoms with Crippen LogP contribution in [0.25, 0.3) is 11.2 Å². The number of aromatic amines is 1. The van der Waals surface area contributed by atoms with Gasteiger partial charge in [0.25, 0.3) is 0 Å². The molecule has 6 heteroatoms. The van der Waals surface area contributed by atoms with Crippen LogP contribution in [0.2, 0.25) is 0 Å². The lowest BCUT2D eigenvalue weighted by Gasteiger charge is -2.08. The van der Waals surface area contributed by atoms with Crippen LogP contribution in [0, 0.1) is 4.64 Å². The lowest BCUT2D eigenvalue weighted by atomic mass is 10.2. The molecule has 0 bridgehead atoms. The average Bonchev–Trinajstić information content (AvgIpc) is 2.80. The molecule has 0 aliphatic carbocycles. The number of unbranched alkanes of at least 4 members (excludes halogenated alkanes) is 2. The Bertz CT molecular complexity index is 637. The van der Waals surface area contributed by atoms with E-state index in [0.29, 0.717) is 16.8 Å². The Kier molecular flexibility index (Phi) is 3.42. The molecule has 0 amide bonds. The van der Waals surface area contributed by atoms with E-state index in [1.807, 2.05) is 0 Å². The van der Waals surface area contributed by atoms with E-state index in [9.17, 15) is 4.79 Å². The standard InChI is InChI=1S/C11H16N4OS/c1-3-4-5-6-15-9-8(12-7-13-9)10(17)14(2)11(15)16/h7H,3-6H2,1-2H3,(H,12,13). The van der Waals surface area contributed by atoms with E-state index in [1.54, 1.807) is 17.9 Å². The van der Waals surface area contributed by atoms with Gasteiger partial charge in [-0.05, 0) is 6.42 Å². The van der Waals surface area contributed by atoms with Crippen LogP contribution in [0.3, 0.4) is 0 Å². The van der Waals surface area contributed by atoms with Gasteiger partial charge in [0.05, 0.1) is 6.33 Å². The highest BCUT2D eigenvalue weighted by atomic mass is 32.1. The van der Waals surface area contributed by atoms with Crippen molar-refractivity contribution in [3.05, 3.63) is 21.5 Å². The Morgan fingerprint density at radius 3 is 2.94 bits per heavy atom. The quantitative estimate of drug-likeness (QED) is 0.668. The maximum absolute atomic E-state index is 12.1. The van der Waals surface area contributed by atoms with Crippen molar-refractivity contribution in [3.63, 3.8) is 0 Å². The highest BCUT2D eigenvalue weighted by Gasteiger charge is 2.09. The molecular weight excluding hydrogens is 236 g/mol. The number of H-pyrrole nitrogens is 1. The van der Waals surface area contributed by atoms with Crippen LogP contribution in [-0.4, -0.2) is 19.1 Å². The minimum atomic E-state index is -0.0919.